The Morgan fingerprint density at radius 3 is 2.86 bits per heavy atom. The molecule has 0 saturated heterocycles. The smallest absolute Gasteiger partial charge is 0.269 e. The number of fused-ring (bicyclic) bond motifs is 2. The molecule has 0 radical (unpaired) electrons. The van der Waals surface area contributed by atoms with Crippen molar-refractivity contribution in [1.82, 2.24) is 9.55 Å². The van der Waals surface area contributed by atoms with Gasteiger partial charge in [0.1, 0.15) is 12.4 Å². The first kappa shape index (κ1) is 17.8. The van der Waals surface area contributed by atoms with E-state index in [4.69, 9.17) is 0 Å². The molecule has 4 rings (SSSR count). The number of non-ortho nitro benzene ring substituents is 1. The van der Waals surface area contributed by atoms with Crippen LogP contribution in [0.3, 0.4) is 0 Å². The first-order valence-electron chi connectivity index (χ1n) is 8.66. The summed E-state index contributed by atoms with van der Waals surface area (Å²) in [5, 5.41) is 11.2. The van der Waals surface area contributed by atoms with Crippen molar-refractivity contribution in [3.8, 4) is 0 Å². The Morgan fingerprint density at radius 1 is 1.25 bits per heavy atom. The Hall–Kier alpha value is -3.62. The molecule has 9 heteroatoms. The van der Waals surface area contributed by atoms with Gasteiger partial charge in [-0.2, -0.15) is 0 Å². The monoisotopic (exact) mass is 382 g/mol. The minimum atomic E-state index is -0.493. The van der Waals surface area contributed by atoms with Gasteiger partial charge >= 0.3 is 0 Å². The second-order valence-electron chi connectivity index (χ2n) is 6.56. The number of amides is 1. The van der Waals surface area contributed by atoms with Crippen LogP contribution in [0.2, 0.25) is 0 Å². The van der Waals surface area contributed by atoms with E-state index in [0.29, 0.717) is 25.1 Å². The summed E-state index contributed by atoms with van der Waals surface area (Å²) in [7, 11) is 0. The van der Waals surface area contributed by atoms with Gasteiger partial charge in [-0.25, -0.2) is 9.37 Å². The van der Waals surface area contributed by atoms with E-state index in [1.165, 1.54) is 40.1 Å². The number of nitrogens with zero attached hydrogens (tertiary/aromatic N) is 4. The summed E-state index contributed by atoms with van der Waals surface area (Å²) in [5.41, 5.74) is 1.12. The summed E-state index contributed by atoms with van der Waals surface area (Å²) in [6.07, 6.45) is 2.54. The first-order valence-corrected chi connectivity index (χ1v) is 8.66. The number of aryl methyl sites for hydroxylation is 1. The lowest BCUT2D eigenvalue weighted by atomic mass is 10.0. The molecular weight excluding hydrogens is 367 g/mol. The predicted molar refractivity (Wildman–Crippen MR) is 99.7 cm³/mol. The number of hydrogen-bond acceptors (Lipinski definition) is 5. The summed E-state index contributed by atoms with van der Waals surface area (Å²) in [6, 6.07) is 8.09. The third-order valence-corrected chi connectivity index (χ3v) is 4.79. The molecule has 2 heterocycles. The number of aromatic nitrogens is 2. The molecule has 1 aliphatic heterocycles. The van der Waals surface area contributed by atoms with E-state index in [9.17, 15) is 24.1 Å². The van der Waals surface area contributed by atoms with Crippen LogP contribution < -0.4 is 10.5 Å². The maximum Gasteiger partial charge on any atom is 0.269 e. The Kier molecular flexibility index (Phi) is 4.34. The Balaban J connectivity index is 1.64. The van der Waals surface area contributed by atoms with E-state index in [1.807, 2.05) is 0 Å². The van der Waals surface area contributed by atoms with E-state index in [2.05, 4.69) is 4.98 Å². The average Bonchev–Trinajstić information content (AvgIpc) is 2.69. The number of anilines is 1. The third kappa shape index (κ3) is 3.11. The van der Waals surface area contributed by atoms with Crippen molar-refractivity contribution in [3.05, 3.63) is 74.6 Å². The molecule has 0 aliphatic carbocycles. The normalized spacial score (nSPS) is 13.4. The van der Waals surface area contributed by atoms with E-state index in [-0.39, 0.29) is 29.0 Å². The SMILES string of the molecule is O=C(Cn1cnc2cc(F)ccc2c1=O)N1CCCc2cc([N+](=O)[O-])ccc21. The highest BCUT2D eigenvalue weighted by Crippen LogP contribution is 2.30. The quantitative estimate of drug-likeness (QED) is 0.512. The number of halogens is 1. The van der Waals surface area contributed by atoms with Crippen molar-refractivity contribution in [1.29, 1.82) is 0 Å². The number of benzene rings is 2. The fourth-order valence-corrected chi connectivity index (χ4v) is 3.43. The minimum Gasteiger partial charge on any atom is -0.311 e. The van der Waals surface area contributed by atoms with Crippen LogP contribution in [0.15, 0.2) is 47.5 Å². The van der Waals surface area contributed by atoms with E-state index in [1.54, 1.807) is 6.07 Å². The van der Waals surface area contributed by atoms with Crippen LogP contribution in [0, 0.1) is 15.9 Å². The molecule has 1 aliphatic rings. The van der Waals surface area contributed by atoms with Crippen LogP contribution in [0.4, 0.5) is 15.8 Å². The average molecular weight is 382 g/mol. The van der Waals surface area contributed by atoms with E-state index < -0.39 is 16.3 Å². The lowest BCUT2D eigenvalue weighted by molar-refractivity contribution is -0.384. The lowest BCUT2D eigenvalue weighted by Crippen LogP contribution is -2.39. The highest BCUT2D eigenvalue weighted by Gasteiger charge is 2.25. The number of nitro groups is 1. The van der Waals surface area contributed by atoms with Gasteiger partial charge in [0, 0.05) is 30.4 Å². The van der Waals surface area contributed by atoms with Gasteiger partial charge in [0.05, 0.1) is 22.2 Å². The fraction of sp³-hybridized carbons (Fsp3) is 0.211. The fourth-order valence-electron chi connectivity index (χ4n) is 3.43. The molecule has 8 nitrogen and oxygen atoms in total. The van der Waals surface area contributed by atoms with Crippen molar-refractivity contribution >= 4 is 28.2 Å². The Morgan fingerprint density at radius 2 is 2.07 bits per heavy atom. The topological polar surface area (TPSA) is 98.3 Å². The van der Waals surface area contributed by atoms with Crippen molar-refractivity contribution in [2.45, 2.75) is 19.4 Å². The van der Waals surface area contributed by atoms with Gasteiger partial charge in [0.25, 0.3) is 11.2 Å². The largest absolute Gasteiger partial charge is 0.311 e. The zero-order valence-electron chi connectivity index (χ0n) is 14.7. The Labute approximate surface area is 158 Å². The predicted octanol–water partition coefficient (Wildman–Crippen LogP) is 2.42. The molecule has 1 aromatic heterocycles. The number of rotatable bonds is 3. The van der Waals surface area contributed by atoms with Crippen LogP contribution >= 0.6 is 0 Å². The second-order valence-corrected chi connectivity index (χ2v) is 6.56. The van der Waals surface area contributed by atoms with Gasteiger partial charge in [-0.3, -0.25) is 24.3 Å². The maximum absolute atomic E-state index is 13.3. The van der Waals surface area contributed by atoms with Crippen LogP contribution in [0.5, 0.6) is 0 Å². The third-order valence-electron chi connectivity index (χ3n) is 4.79. The van der Waals surface area contributed by atoms with Crippen LogP contribution in [-0.4, -0.2) is 26.9 Å². The summed E-state index contributed by atoms with van der Waals surface area (Å²) < 4.78 is 14.5. The molecule has 1 amide bonds. The molecule has 0 N–H and O–H groups in total. The van der Waals surface area contributed by atoms with Gasteiger partial charge in [-0.1, -0.05) is 0 Å². The summed E-state index contributed by atoms with van der Waals surface area (Å²) in [4.78, 5) is 41.5. The number of carbonyl (C=O) groups is 1. The molecule has 0 saturated carbocycles. The standard InChI is InChI=1S/C19H15FN4O4/c20-13-3-5-15-16(9-13)21-11-22(19(15)26)10-18(25)23-7-1-2-12-8-14(24(27)28)4-6-17(12)23/h3-6,8-9,11H,1-2,7,10H2. The number of nitro benzene ring substituents is 1. The minimum absolute atomic E-state index is 0.0183. The van der Waals surface area contributed by atoms with Crippen molar-refractivity contribution in [2.75, 3.05) is 11.4 Å². The lowest BCUT2D eigenvalue weighted by Gasteiger charge is -2.29. The van der Waals surface area contributed by atoms with E-state index >= 15 is 0 Å². The van der Waals surface area contributed by atoms with Gasteiger partial charge in [0.2, 0.25) is 5.91 Å². The van der Waals surface area contributed by atoms with Crippen LogP contribution in [0.25, 0.3) is 10.9 Å². The van der Waals surface area contributed by atoms with Crippen LogP contribution in [-0.2, 0) is 17.8 Å². The van der Waals surface area contributed by atoms with E-state index in [0.717, 1.165) is 11.6 Å². The van der Waals surface area contributed by atoms with Gasteiger partial charge in [-0.15, -0.1) is 0 Å². The highest BCUT2D eigenvalue weighted by atomic mass is 19.1. The molecule has 2 aromatic carbocycles. The molecule has 3 aromatic rings. The summed E-state index contributed by atoms with van der Waals surface area (Å²) in [5.74, 6) is -0.813. The summed E-state index contributed by atoms with van der Waals surface area (Å²) in [6.45, 7) is 0.236. The molecule has 0 spiro atoms. The molecule has 0 fully saturated rings. The zero-order valence-corrected chi connectivity index (χ0v) is 14.7. The number of hydrogen-bond donors (Lipinski definition) is 0. The zero-order chi connectivity index (χ0) is 19.8. The molecule has 0 bridgehead atoms. The first-order chi connectivity index (χ1) is 13.4. The molecule has 0 unspecified atom stereocenters. The van der Waals surface area contributed by atoms with Crippen molar-refractivity contribution in [2.24, 2.45) is 0 Å². The Bertz CT molecular complexity index is 1170. The van der Waals surface area contributed by atoms with Gasteiger partial charge < -0.3 is 4.90 Å². The summed E-state index contributed by atoms with van der Waals surface area (Å²) >= 11 is 0. The van der Waals surface area contributed by atoms with Gasteiger partial charge in [-0.05, 0) is 36.6 Å². The van der Waals surface area contributed by atoms with Gasteiger partial charge in [0.15, 0.2) is 0 Å². The highest BCUT2D eigenvalue weighted by molar-refractivity contribution is 5.94. The molecule has 0 atom stereocenters. The van der Waals surface area contributed by atoms with Crippen molar-refractivity contribution < 1.29 is 14.1 Å². The molecule has 142 valence electrons. The van der Waals surface area contributed by atoms with Crippen LogP contribution in [0.1, 0.15) is 12.0 Å². The molecular formula is C19H15FN4O4. The van der Waals surface area contributed by atoms with Crippen molar-refractivity contribution in [3.63, 3.8) is 0 Å². The molecule has 28 heavy (non-hydrogen) atoms. The second kappa shape index (κ2) is 6.84. The number of carbonyl (C=O) groups excluding carboxylic acids is 1. The maximum atomic E-state index is 13.3.